The topological polar surface area (TPSA) is 130 Å². The monoisotopic (exact) mass is 436 g/mol. The van der Waals surface area contributed by atoms with Gasteiger partial charge in [-0.15, -0.1) is 0 Å². The molecule has 0 radical (unpaired) electrons. The van der Waals surface area contributed by atoms with Crippen LogP contribution < -0.4 is 15.4 Å². The number of nitrogens with one attached hydrogen (secondary N) is 3. The summed E-state index contributed by atoms with van der Waals surface area (Å²) >= 11 is 5.20. The maximum Gasteiger partial charge on any atom is 0.269 e. The molecule has 1 amide bonds. The minimum Gasteiger partial charge on any atom is -0.352 e. The number of hydrogen-bond acceptors (Lipinski definition) is 6. The van der Waals surface area contributed by atoms with Crippen molar-refractivity contribution in [3.05, 3.63) is 75.8 Å². The molecule has 0 saturated carbocycles. The van der Waals surface area contributed by atoms with Crippen molar-refractivity contribution in [1.29, 1.82) is 0 Å². The molecule has 2 aromatic rings. The lowest BCUT2D eigenvalue weighted by molar-refractivity contribution is -0.385. The molecule has 0 aliphatic heterocycles. The minimum atomic E-state index is -3.74. The Morgan fingerprint density at radius 1 is 1.17 bits per heavy atom. The number of non-ortho nitro benzene ring substituents is 1. The van der Waals surface area contributed by atoms with Crippen LogP contribution in [-0.4, -0.2) is 37.2 Å². The fraction of sp³-hybridized carbons (Fsp3) is 0.222. The molecular formula is C18H20N4O5S2. The molecule has 0 spiro atoms. The summed E-state index contributed by atoms with van der Waals surface area (Å²) in [5.74, 6) is -0.945. The van der Waals surface area contributed by atoms with Crippen molar-refractivity contribution in [3.8, 4) is 0 Å². The fourth-order valence-electron chi connectivity index (χ4n) is 2.65. The first-order valence-corrected chi connectivity index (χ1v) is 10.5. The smallest absolute Gasteiger partial charge is 0.269 e. The molecule has 0 aliphatic carbocycles. The Morgan fingerprint density at radius 3 is 2.41 bits per heavy atom. The van der Waals surface area contributed by atoms with E-state index in [1.807, 2.05) is 0 Å². The van der Waals surface area contributed by atoms with Crippen molar-refractivity contribution < 1.29 is 18.1 Å². The standard InChI is InChI=1S/C18H20N4O5S2/c1-18(12-29(26,27)19-2,14-9-6-10-15(11-14)22(24)25)21-17(28)20-16(23)13-7-4-3-5-8-13/h3-11,19H,12H2,1-2H3,(H2,20,21,23,28)/t18-/m0/s1. The Labute approximate surface area is 173 Å². The van der Waals surface area contributed by atoms with Gasteiger partial charge in [0.05, 0.1) is 16.2 Å². The lowest BCUT2D eigenvalue weighted by atomic mass is 9.94. The molecule has 0 fully saturated rings. The van der Waals surface area contributed by atoms with Gasteiger partial charge in [-0.25, -0.2) is 13.1 Å². The largest absolute Gasteiger partial charge is 0.352 e. The first-order valence-electron chi connectivity index (χ1n) is 8.41. The number of nitrogens with zero attached hydrogens (tertiary/aromatic N) is 1. The number of rotatable bonds is 7. The summed E-state index contributed by atoms with van der Waals surface area (Å²) < 4.78 is 26.6. The Bertz CT molecular complexity index is 1030. The van der Waals surface area contributed by atoms with E-state index in [0.29, 0.717) is 11.1 Å². The third kappa shape index (κ3) is 6.04. The van der Waals surface area contributed by atoms with Crippen LogP contribution in [0.3, 0.4) is 0 Å². The van der Waals surface area contributed by atoms with Crippen LogP contribution in [0.4, 0.5) is 5.69 Å². The molecule has 9 nitrogen and oxygen atoms in total. The molecule has 0 unspecified atom stereocenters. The average Bonchev–Trinajstić information content (AvgIpc) is 2.68. The van der Waals surface area contributed by atoms with Gasteiger partial charge in [0.15, 0.2) is 5.11 Å². The molecule has 0 bridgehead atoms. The van der Waals surface area contributed by atoms with Crippen molar-refractivity contribution in [2.24, 2.45) is 0 Å². The SMILES string of the molecule is CNS(=O)(=O)C[C@](C)(NC(=S)NC(=O)c1ccccc1)c1cccc([N+](=O)[O-])c1. The highest BCUT2D eigenvalue weighted by atomic mass is 32.2. The van der Waals surface area contributed by atoms with Crippen molar-refractivity contribution in [2.45, 2.75) is 12.5 Å². The zero-order chi connectivity index (χ0) is 21.7. The third-order valence-corrected chi connectivity index (χ3v) is 5.92. The van der Waals surface area contributed by atoms with Gasteiger partial charge in [0.25, 0.3) is 11.6 Å². The van der Waals surface area contributed by atoms with Crippen molar-refractivity contribution in [2.75, 3.05) is 12.8 Å². The van der Waals surface area contributed by atoms with E-state index >= 15 is 0 Å². The summed E-state index contributed by atoms with van der Waals surface area (Å²) in [5.41, 5.74) is -0.857. The summed E-state index contributed by atoms with van der Waals surface area (Å²) in [6.45, 7) is 1.53. The minimum absolute atomic E-state index is 0.112. The number of carbonyl (C=O) groups excluding carboxylic acids is 1. The molecule has 11 heteroatoms. The van der Waals surface area contributed by atoms with Crippen LogP contribution in [0, 0.1) is 10.1 Å². The van der Waals surface area contributed by atoms with Crippen LogP contribution in [0.2, 0.25) is 0 Å². The highest BCUT2D eigenvalue weighted by molar-refractivity contribution is 7.89. The Balaban J connectivity index is 2.33. The van der Waals surface area contributed by atoms with E-state index in [0.717, 1.165) is 0 Å². The van der Waals surface area contributed by atoms with E-state index in [1.54, 1.807) is 36.4 Å². The number of benzene rings is 2. The molecule has 0 aliphatic rings. The second-order valence-electron chi connectivity index (χ2n) is 6.38. The molecule has 2 aromatic carbocycles. The van der Waals surface area contributed by atoms with Crippen LogP contribution in [0.25, 0.3) is 0 Å². The Morgan fingerprint density at radius 2 is 1.83 bits per heavy atom. The maximum absolute atomic E-state index is 12.3. The van der Waals surface area contributed by atoms with Crippen LogP contribution in [-0.2, 0) is 15.6 Å². The second-order valence-corrected chi connectivity index (χ2v) is 8.71. The molecule has 0 aromatic heterocycles. The van der Waals surface area contributed by atoms with Gasteiger partial charge in [0, 0.05) is 17.7 Å². The number of nitro benzene ring substituents is 1. The summed E-state index contributed by atoms with van der Waals surface area (Å²) in [6.07, 6.45) is 0. The Hall–Kier alpha value is -2.89. The lowest BCUT2D eigenvalue weighted by Crippen LogP contribution is -2.53. The molecule has 29 heavy (non-hydrogen) atoms. The van der Waals surface area contributed by atoms with Crippen LogP contribution in [0.1, 0.15) is 22.8 Å². The first kappa shape index (κ1) is 22.4. The maximum atomic E-state index is 12.3. The number of hydrogen-bond donors (Lipinski definition) is 3. The van der Waals surface area contributed by atoms with Gasteiger partial charge in [0.1, 0.15) is 0 Å². The molecule has 3 N–H and O–H groups in total. The number of nitro groups is 1. The summed E-state index contributed by atoms with van der Waals surface area (Å²) in [6, 6.07) is 13.9. The lowest BCUT2D eigenvalue weighted by Gasteiger charge is -2.32. The van der Waals surface area contributed by atoms with Gasteiger partial charge in [-0.1, -0.05) is 30.3 Å². The van der Waals surface area contributed by atoms with Crippen molar-refractivity contribution >= 4 is 38.9 Å². The number of thiocarbonyl (C=S) groups is 1. The molecule has 1 atom stereocenters. The molecule has 0 heterocycles. The predicted molar refractivity (Wildman–Crippen MR) is 113 cm³/mol. The van der Waals surface area contributed by atoms with Gasteiger partial charge in [-0.3, -0.25) is 20.2 Å². The predicted octanol–water partition coefficient (Wildman–Crippen LogP) is 1.66. The first-order chi connectivity index (χ1) is 13.6. The quantitative estimate of drug-likeness (QED) is 0.342. The Kier molecular flexibility index (Phi) is 7.01. The van der Waals surface area contributed by atoms with Crippen molar-refractivity contribution in [3.63, 3.8) is 0 Å². The highest BCUT2D eigenvalue weighted by Crippen LogP contribution is 2.26. The van der Waals surface area contributed by atoms with Gasteiger partial charge in [0.2, 0.25) is 10.0 Å². The molecule has 154 valence electrons. The van der Waals surface area contributed by atoms with E-state index in [2.05, 4.69) is 15.4 Å². The van der Waals surface area contributed by atoms with Gasteiger partial charge in [-0.05, 0) is 43.9 Å². The molecule has 2 rings (SSSR count). The van der Waals surface area contributed by atoms with E-state index in [-0.39, 0.29) is 10.8 Å². The van der Waals surface area contributed by atoms with Crippen LogP contribution in [0.5, 0.6) is 0 Å². The van der Waals surface area contributed by atoms with Crippen LogP contribution >= 0.6 is 12.2 Å². The van der Waals surface area contributed by atoms with E-state index in [1.165, 1.54) is 32.2 Å². The second kappa shape index (κ2) is 9.07. The zero-order valence-electron chi connectivity index (χ0n) is 15.7. The van der Waals surface area contributed by atoms with Crippen LogP contribution in [0.15, 0.2) is 54.6 Å². The van der Waals surface area contributed by atoms with Gasteiger partial charge >= 0.3 is 0 Å². The normalized spacial score (nSPS) is 13.2. The van der Waals surface area contributed by atoms with Gasteiger partial charge in [-0.2, -0.15) is 0 Å². The number of carbonyl (C=O) groups is 1. The summed E-state index contributed by atoms with van der Waals surface area (Å²) in [7, 11) is -2.48. The molecular weight excluding hydrogens is 416 g/mol. The average molecular weight is 437 g/mol. The highest BCUT2D eigenvalue weighted by Gasteiger charge is 2.34. The van der Waals surface area contributed by atoms with E-state index in [9.17, 15) is 23.3 Å². The zero-order valence-corrected chi connectivity index (χ0v) is 17.3. The third-order valence-electron chi connectivity index (χ3n) is 4.14. The van der Waals surface area contributed by atoms with E-state index < -0.39 is 32.1 Å². The molecule has 0 saturated heterocycles. The van der Waals surface area contributed by atoms with Gasteiger partial charge < -0.3 is 5.32 Å². The van der Waals surface area contributed by atoms with E-state index in [4.69, 9.17) is 12.2 Å². The number of sulfonamides is 1. The summed E-state index contributed by atoms with van der Waals surface area (Å²) in [4.78, 5) is 22.8. The fourth-order valence-corrected chi connectivity index (χ4v) is 4.11. The summed E-state index contributed by atoms with van der Waals surface area (Å²) in [5, 5.41) is 16.3. The van der Waals surface area contributed by atoms with Crippen molar-refractivity contribution in [1.82, 2.24) is 15.4 Å². The number of amides is 1.